The third-order valence-electron chi connectivity index (χ3n) is 3.21. The van der Waals surface area contributed by atoms with Gasteiger partial charge in [-0.3, -0.25) is 0 Å². The summed E-state index contributed by atoms with van der Waals surface area (Å²) in [5.41, 5.74) is 6.72. The van der Waals surface area contributed by atoms with E-state index in [4.69, 9.17) is 5.73 Å². The van der Waals surface area contributed by atoms with Crippen LogP contribution in [-0.4, -0.2) is 31.9 Å². The Morgan fingerprint density at radius 2 is 2.06 bits per heavy atom. The van der Waals surface area contributed by atoms with Crippen molar-refractivity contribution < 1.29 is 8.42 Å². The van der Waals surface area contributed by atoms with Crippen molar-refractivity contribution in [3.8, 4) is 0 Å². The van der Waals surface area contributed by atoms with E-state index >= 15 is 0 Å². The van der Waals surface area contributed by atoms with Gasteiger partial charge in [0, 0.05) is 24.0 Å². The van der Waals surface area contributed by atoms with Gasteiger partial charge in [-0.25, -0.2) is 8.42 Å². The molecule has 1 aromatic heterocycles. The molecule has 2 heterocycles. The molecule has 2 N–H and O–H groups in total. The summed E-state index contributed by atoms with van der Waals surface area (Å²) in [5.74, 6) is 0.228. The lowest BCUT2D eigenvalue weighted by atomic mass is 10.1. The second-order valence-electron chi connectivity index (χ2n) is 4.79. The molecule has 0 bridgehead atoms. The molecule has 17 heavy (non-hydrogen) atoms. The first-order valence-corrected chi connectivity index (χ1v) is 7.91. The molecule has 2 rings (SSSR count). The minimum Gasteiger partial charge on any atom is -0.326 e. The van der Waals surface area contributed by atoms with Crippen LogP contribution in [0.3, 0.4) is 0 Å². The van der Waals surface area contributed by atoms with Gasteiger partial charge in [0.15, 0.2) is 0 Å². The van der Waals surface area contributed by atoms with E-state index in [0.29, 0.717) is 17.3 Å². The first-order chi connectivity index (χ1) is 7.82. The van der Waals surface area contributed by atoms with Crippen LogP contribution in [0.5, 0.6) is 0 Å². The third-order valence-corrected chi connectivity index (χ3v) is 6.80. The van der Waals surface area contributed by atoms with Gasteiger partial charge in [-0.2, -0.15) is 4.31 Å². The molecule has 1 aliphatic rings. The SMILES string of the molecule is Cc1cc(C)c(S(=O)(=O)N2CC(C)C(N)C2)s1. The standard InChI is InChI=1S/C11H18N2O2S2/c1-7-4-9(3)16-11(7)17(14,15)13-5-8(2)10(12)6-13/h4,8,10H,5-6,12H2,1-3H3. The van der Waals surface area contributed by atoms with Crippen molar-refractivity contribution in [2.24, 2.45) is 11.7 Å². The van der Waals surface area contributed by atoms with E-state index in [2.05, 4.69) is 0 Å². The van der Waals surface area contributed by atoms with Crippen molar-refractivity contribution in [1.82, 2.24) is 4.31 Å². The molecule has 0 aliphatic carbocycles. The third kappa shape index (κ3) is 2.27. The molecule has 0 radical (unpaired) electrons. The van der Waals surface area contributed by atoms with Gasteiger partial charge in [0.05, 0.1) is 0 Å². The van der Waals surface area contributed by atoms with Crippen molar-refractivity contribution in [3.05, 3.63) is 16.5 Å². The average molecular weight is 274 g/mol. The van der Waals surface area contributed by atoms with Crippen molar-refractivity contribution in [3.63, 3.8) is 0 Å². The minimum atomic E-state index is -3.34. The van der Waals surface area contributed by atoms with E-state index in [0.717, 1.165) is 10.4 Å². The Labute approximate surface area is 106 Å². The molecular weight excluding hydrogens is 256 g/mol. The largest absolute Gasteiger partial charge is 0.326 e. The van der Waals surface area contributed by atoms with Gasteiger partial charge in [0.25, 0.3) is 10.0 Å². The molecule has 1 fully saturated rings. The quantitative estimate of drug-likeness (QED) is 0.885. The van der Waals surface area contributed by atoms with Crippen LogP contribution in [0.1, 0.15) is 17.4 Å². The van der Waals surface area contributed by atoms with Crippen LogP contribution in [0.2, 0.25) is 0 Å². The minimum absolute atomic E-state index is 0.0499. The zero-order valence-electron chi connectivity index (χ0n) is 10.3. The molecule has 1 aromatic rings. The lowest BCUT2D eigenvalue weighted by Crippen LogP contribution is -2.32. The number of aryl methyl sites for hydroxylation is 2. The van der Waals surface area contributed by atoms with Gasteiger partial charge in [-0.1, -0.05) is 6.92 Å². The maximum Gasteiger partial charge on any atom is 0.252 e. The summed E-state index contributed by atoms with van der Waals surface area (Å²) in [4.78, 5) is 1.03. The fourth-order valence-electron chi connectivity index (χ4n) is 2.14. The Balaban J connectivity index is 2.35. The molecule has 6 heteroatoms. The Bertz CT molecular complexity index is 512. The Kier molecular flexibility index (Phi) is 3.33. The van der Waals surface area contributed by atoms with Gasteiger partial charge in [-0.15, -0.1) is 11.3 Å². The van der Waals surface area contributed by atoms with Crippen molar-refractivity contribution in [1.29, 1.82) is 0 Å². The molecule has 2 unspecified atom stereocenters. The summed E-state index contributed by atoms with van der Waals surface area (Å²) in [7, 11) is -3.34. The summed E-state index contributed by atoms with van der Waals surface area (Å²) in [6.45, 7) is 6.72. The highest BCUT2D eigenvalue weighted by Crippen LogP contribution is 2.31. The predicted molar refractivity (Wildman–Crippen MR) is 69.7 cm³/mol. The summed E-state index contributed by atoms with van der Waals surface area (Å²) in [6.07, 6.45) is 0. The molecule has 0 amide bonds. The maximum absolute atomic E-state index is 12.4. The Hall–Kier alpha value is -0.430. The highest BCUT2D eigenvalue weighted by molar-refractivity contribution is 7.91. The summed E-state index contributed by atoms with van der Waals surface area (Å²) < 4.78 is 26.9. The van der Waals surface area contributed by atoms with Gasteiger partial charge in [0.2, 0.25) is 0 Å². The monoisotopic (exact) mass is 274 g/mol. The van der Waals surface area contributed by atoms with E-state index in [-0.39, 0.29) is 12.0 Å². The molecule has 1 saturated heterocycles. The fraction of sp³-hybridized carbons (Fsp3) is 0.636. The fourth-order valence-corrected chi connectivity index (χ4v) is 5.52. The molecule has 1 aliphatic heterocycles. The predicted octanol–water partition coefficient (Wildman–Crippen LogP) is 1.33. The van der Waals surface area contributed by atoms with E-state index in [1.54, 1.807) is 0 Å². The first-order valence-electron chi connectivity index (χ1n) is 5.65. The van der Waals surface area contributed by atoms with Gasteiger partial charge >= 0.3 is 0 Å². The number of nitrogens with two attached hydrogens (primary N) is 1. The molecular formula is C11H18N2O2S2. The van der Waals surface area contributed by atoms with Crippen LogP contribution in [0, 0.1) is 19.8 Å². The lowest BCUT2D eigenvalue weighted by Gasteiger charge is -2.15. The topological polar surface area (TPSA) is 63.4 Å². The number of hydrogen-bond donors (Lipinski definition) is 1. The molecule has 2 atom stereocenters. The molecule has 96 valence electrons. The van der Waals surface area contributed by atoms with E-state index in [1.165, 1.54) is 15.6 Å². The summed E-state index contributed by atoms with van der Waals surface area (Å²) in [6, 6.07) is 1.86. The smallest absolute Gasteiger partial charge is 0.252 e. The molecule has 0 aromatic carbocycles. The molecule has 0 saturated carbocycles. The van der Waals surface area contributed by atoms with Gasteiger partial charge in [-0.05, 0) is 31.4 Å². The maximum atomic E-state index is 12.4. The van der Waals surface area contributed by atoms with Crippen LogP contribution in [0.15, 0.2) is 10.3 Å². The lowest BCUT2D eigenvalue weighted by molar-refractivity contribution is 0.465. The van der Waals surface area contributed by atoms with Gasteiger partial charge in [0.1, 0.15) is 4.21 Å². The number of nitrogens with zero attached hydrogens (tertiary/aromatic N) is 1. The first kappa shape index (κ1) is 13.0. The number of rotatable bonds is 2. The Morgan fingerprint density at radius 3 is 2.47 bits per heavy atom. The number of sulfonamides is 1. The zero-order chi connectivity index (χ0) is 12.8. The van der Waals surface area contributed by atoms with E-state index < -0.39 is 10.0 Å². The van der Waals surface area contributed by atoms with Crippen LogP contribution >= 0.6 is 11.3 Å². The Morgan fingerprint density at radius 1 is 1.41 bits per heavy atom. The van der Waals surface area contributed by atoms with Crippen molar-refractivity contribution in [2.45, 2.75) is 31.0 Å². The number of thiophene rings is 1. The normalized spacial score (nSPS) is 26.6. The molecule has 4 nitrogen and oxygen atoms in total. The zero-order valence-corrected chi connectivity index (χ0v) is 11.9. The van der Waals surface area contributed by atoms with E-state index in [1.807, 2.05) is 26.8 Å². The second kappa shape index (κ2) is 4.35. The highest BCUT2D eigenvalue weighted by atomic mass is 32.2. The second-order valence-corrected chi connectivity index (χ2v) is 8.18. The van der Waals surface area contributed by atoms with Crippen LogP contribution in [-0.2, 0) is 10.0 Å². The average Bonchev–Trinajstić information content (AvgIpc) is 2.72. The number of hydrogen-bond acceptors (Lipinski definition) is 4. The van der Waals surface area contributed by atoms with Crippen LogP contribution in [0.4, 0.5) is 0 Å². The van der Waals surface area contributed by atoms with E-state index in [9.17, 15) is 8.42 Å². The van der Waals surface area contributed by atoms with Crippen LogP contribution in [0.25, 0.3) is 0 Å². The summed E-state index contributed by atoms with van der Waals surface area (Å²) in [5, 5.41) is 0. The molecule has 0 spiro atoms. The van der Waals surface area contributed by atoms with Crippen LogP contribution < -0.4 is 5.73 Å². The summed E-state index contributed by atoms with van der Waals surface area (Å²) >= 11 is 1.34. The highest BCUT2D eigenvalue weighted by Gasteiger charge is 2.36. The van der Waals surface area contributed by atoms with Crippen molar-refractivity contribution in [2.75, 3.05) is 13.1 Å². The van der Waals surface area contributed by atoms with Crippen molar-refractivity contribution >= 4 is 21.4 Å². The van der Waals surface area contributed by atoms with Gasteiger partial charge < -0.3 is 5.73 Å².